The zero-order valence-electron chi connectivity index (χ0n) is 15.2. The van der Waals surface area contributed by atoms with Crippen molar-refractivity contribution in [3.05, 3.63) is 35.9 Å². The van der Waals surface area contributed by atoms with Crippen molar-refractivity contribution >= 4 is 5.96 Å². The molecular weight excluding hydrogens is 300 g/mol. The number of piperazine rings is 1. The highest BCUT2D eigenvalue weighted by Gasteiger charge is 2.19. The summed E-state index contributed by atoms with van der Waals surface area (Å²) in [6.45, 7) is 12.7. The number of hydrogen-bond donors (Lipinski definition) is 1. The molecular formula is C19H32N4O. The van der Waals surface area contributed by atoms with E-state index in [9.17, 15) is 0 Å². The van der Waals surface area contributed by atoms with E-state index in [2.05, 4.69) is 52.4 Å². The SMILES string of the molecule is CCNC(=NCCCOCC)N1CCN(Cc2ccccc2)CC1. The molecule has 134 valence electrons. The molecule has 24 heavy (non-hydrogen) atoms. The van der Waals surface area contributed by atoms with Crippen molar-refractivity contribution in [1.82, 2.24) is 15.1 Å². The fourth-order valence-electron chi connectivity index (χ4n) is 2.88. The molecule has 0 unspecified atom stereocenters. The number of nitrogens with one attached hydrogen (secondary N) is 1. The molecule has 1 aliphatic rings. The van der Waals surface area contributed by atoms with Crippen molar-refractivity contribution in [2.24, 2.45) is 4.99 Å². The Morgan fingerprint density at radius 3 is 2.54 bits per heavy atom. The molecule has 1 fully saturated rings. The maximum absolute atomic E-state index is 5.38. The third-order valence-corrected chi connectivity index (χ3v) is 4.17. The monoisotopic (exact) mass is 332 g/mol. The van der Waals surface area contributed by atoms with Crippen molar-refractivity contribution in [1.29, 1.82) is 0 Å². The van der Waals surface area contributed by atoms with E-state index in [1.165, 1.54) is 5.56 Å². The molecule has 0 aliphatic carbocycles. The highest BCUT2D eigenvalue weighted by Crippen LogP contribution is 2.08. The molecule has 0 amide bonds. The number of hydrogen-bond acceptors (Lipinski definition) is 3. The Morgan fingerprint density at radius 1 is 1.12 bits per heavy atom. The second kappa shape index (κ2) is 11.0. The summed E-state index contributed by atoms with van der Waals surface area (Å²) in [5.41, 5.74) is 1.39. The van der Waals surface area contributed by atoms with Gasteiger partial charge in [-0.3, -0.25) is 9.89 Å². The number of nitrogens with zero attached hydrogens (tertiary/aromatic N) is 3. The van der Waals surface area contributed by atoms with E-state index in [4.69, 9.17) is 9.73 Å². The van der Waals surface area contributed by atoms with Crippen LogP contribution in [0.5, 0.6) is 0 Å². The number of benzene rings is 1. The molecule has 5 heteroatoms. The maximum atomic E-state index is 5.38. The van der Waals surface area contributed by atoms with E-state index in [1.807, 2.05) is 6.92 Å². The molecule has 0 saturated carbocycles. The smallest absolute Gasteiger partial charge is 0.194 e. The van der Waals surface area contributed by atoms with Gasteiger partial charge in [-0.15, -0.1) is 0 Å². The standard InChI is InChI=1S/C19H32N4O/c1-3-20-19(21-11-8-16-24-4-2)23-14-12-22(13-15-23)17-18-9-6-5-7-10-18/h5-7,9-10H,3-4,8,11-17H2,1-2H3,(H,20,21). The van der Waals surface area contributed by atoms with Crippen LogP contribution >= 0.6 is 0 Å². The normalized spacial score (nSPS) is 16.4. The van der Waals surface area contributed by atoms with Gasteiger partial charge >= 0.3 is 0 Å². The first-order valence-corrected chi connectivity index (χ1v) is 9.20. The van der Waals surface area contributed by atoms with E-state index in [0.29, 0.717) is 0 Å². The zero-order valence-corrected chi connectivity index (χ0v) is 15.2. The fraction of sp³-hybridized carbons (Fsp3) is 0.632. The minimum absolute atomic E-state index is 0.785. The van der Waals surface area contributed by atoms with Crippen LogP contribution in [0.25, 0.3) is 0 Å². The Bertz CT molecular complexity index is 470. The Balaban J connectivity index is 1.78. The van der Waals surface area contributed by atoms with E-state index >= 15 is 0 Å². The summed E-state index contributed by atoms with van der Waals surface area (Å²) in [5, 5.41) is 3.42. The molecule has 0 atom stereocenters. The second-order valence-corrected chi connectivity index (χ2v) is 6.03. The highest BCUT2D eigenvalue weighted by molar-refractivity contribution is 5.80. The van der Waals surface area contributed by atoms with Gasteiger partial charge in [0.2, 0.25) is 0 Å². The predicted molar refractivity (Wildman–Crippen MR) is 100 cm³/mol. The molecule has 1 N–H and O–H groups in total. The topological polar surface area (TPSA) is 40.1 Å². The summed E-state index contributed by atoms with van der Waals surface area (Å²) in [6, 6.07) is 10.7. The Morgan fingerprint density at radius 2 is 1.88 bits per heavy atom. The Hall–Kier alpha value is -1.59. The van der Waals surface area contributed by atoms with Gasteiger partial charge in [0.25, 0.3) is 0 Å². The summed E-state index contributed by atoms with van der Waals surface area (Å²) in [4.78, 5) is 9.65. The number of rotatable bonds is 8. The average Bonchev–Trinajstić information content (AvgIpc) is 2.62. The van der Waals surface area contributed by atoms with E-state index in [-0.39, 0.29) is 0 Å². The van der Waals surface area contributed by atoms with Gasteiger partial charge in [-0.1, -0.05) is 30.3 Å². The zero-order chi connectivity index (χ0) is 17.0. The van der Waals surface area contributed by atoms with Crippen molar-refractivity contribution < 1.29 is 4.74 Å². The summed E-state index contributed by atoms with van der Waals surface area (Å²) in [7, 11) is 0. The van der Waals surface area contributed by atoms with Crippen LogP contribution in [0.4, 0.5) is 0 Å². The van der Waals surface area contributed by atoms with Crippen LogP contribution in [0.2, 0.25) is 0 Å². The first-order valence-electron chi connectivity index (χ1n) is 9.20. The molecule has 5 nitrogen and oxygen atoms in total. The van der Waals surface area contributed by atoms with Crippen LogP contribution < -0.4 is 5.32 Å². The lowest BCUT2D eigenvalue weighted by Crippen LogP contribution is -2.52. The van der Waals surface area contributed by atoms with Crippen LogP contribution in [-0.2, 0) is 11.3 Å². The molecule has 1 aromatic rings. The van der Waals surface area contributed by atoms with Crippen LogP contribution in [0.15, 0.2) is 35.3 Å². The molecule has 1 aliphatic heterocycles. The second-order valence-electron chi connectivity index (χ2n) is 6.03. The number of ether oxygens (including phenoxy) is 1. The number of guanidine groups is 1. The third kappa shape index (κ3) is 6.49. The van der Waals surface area contributed by atoms with Gasteiger partial charge in [0, 0.05) is 59.0 Å². The van der Waals surface area contributed by atoms with Crippen LogP contribution in [0.1, 0.15) is 25.8 Å². The van der Waals surface area contributed by atoms with Crippen molar-refractivity contribution in [2.45, 2.75) is 26.8 Å². The Kier molecular flexibility index (Phi) is 8.63. The molecule has 0 bridgehead atoms. The van der Waals surface area contributed by atoms with Crippen molar-refractivity contribution in [2.75, 3.05) is 52.5 Å². The summed E-state index contributed by atoms with van der Waals surface area (Å²) in [6.07, 6.45) is 0.983. The van der Waals surface area contributed by atoms with Gasteiger partial charge in [0.1, 0.15) is 0 Å². The summed E-state index contributed by atoms with van der Waals surface area (Å²) < 4.78 is 5.38. The quantitative estimate of drug-likeness (QED) is 0.450. The molecule has 1 heterocycles. The molecule has 1 saturated heterocycles. The van der Waals surface area contributed by atoms with Gasteiger partial charge < -0.3 is 15.0 Å². The van der Waals surface area contributed by atoms with Crippen molar-refractivity contribution in [3.8, 4) is 0 Å². The lowest BCUT2D eigenvalue weighted by molar-refractivity contribution is 0.146. The predicted octanol–water partition coefficient (Wildman–Crippen LogP) is 2.20. The van der Waals surface area contributed by atoms with Crippen LogP contribution in [-0.4, -0.2) is 68.2 Å². The average molecular weight is 332 g/mol. The molecule has 1 aromatic carbocycles. The van der Waals surface area contributed by atoms with Crippen LogP contribution in [0, 0.1) is 0 Å². The van der Waals surface area contributed by atoms with Crippen molar-refractivity contribution in [3.63, 3.8) is 0 Å². The van der Waals surface area contributed by atoms with Crippen LogP contribution in [0.3, 0.4) is 0 Å². The maximum Gasteiger partial charge on any atom is 0.194 e. The summed E-state index contributed by atoms with van der Waals surface area (Å²) >= 11 is 0. The van der Waals surface area contributed by atoms with Gasteiger partial charge in [0.05, 0.1) is 0 Å². The van der Waals surface area contributed by atoms with Gasteiger partial charge in [-0.25, -0.2) is 0 Å². The third-order valence-electron chi connectivity index (χ3n) is 4.17. The fourth-order valence-corrected chi connectivity index (χ4v) is 2.88. The Labute approximate surface area is 146 Å². The first kappa shape index (κ1) is 18.7. The van der Waals surface area contributed by atoms with E-state index in [0.717, 1.165) is 71.4 Å². The summed E-state index contributed by atoms with van der Waals surface area (Å²) in [5.74, 6) is 1.05. The largest absolute Gasteiger partial charge is 0.382 e. The lowest BCUT2D eigenvalue weighted by atomic mass is 10.2. The first-order chi connectivity index (χ1) is 11.8. The number of aliphatic imine (C=N–C) groups is 1. The van der Waals surface area contributed by atoms with Gasteiger partial charge in [0.15, 0.2) is 5.96 Å². The molecule has 0 aromatic heterocycles. The molecule has 2 rings (SSSR count). The van der Waals surface area contributed by atoms with Gasteiger partial charge in [-0.2, -0.15) is 0 Å². The highest BCUT2D eigenvalue weighted by atomic mass is 16.5. The van der Waals surface area contributed by atoms with E-state index < -0.39 is 0 Å². The minimum Gasteiger partial charge on any atom is -0.382 e. The molecule has 0 radical (unpaired) electrons. The van der Waals surface area contributed by atoms with E-state index in [1.54, 1.807) is 0 Å². The minimum atomic E-state index is 0.785. The van der Waals surface area contributed by atoms with Gasteiger partial charge in [-0.05, 0) is 25.8 Å². The lowest BCUT2D eigenvalue weighted by Gasteiger charge is -2.36. The molecule has 0 spiro atoms.